The fourth-order valence-electron chi connectivity index (χ4n) is 1.66. The summed E-state index contributed by atoms with van der Waals surface area (Å²) >= 11 is 1.37. The molecule has 1 heterocycles. The van der Waals surface area contributed by atoms with E-state index >= 15 is 0 Å². The number of aliphatic hydroxyl groups excluding tert-OH is 2. The Bertz CT molecular complexity index is 598. The van der Waals surface area contributed by atoms with E-state index in [0.717, 1.165) is 12.1 Å². The molecule has 1 aromatic heterocycles. The minimum absolute atomic E-state index is 0.243. The Balaban J connectivity index is 1.99. The van der Waals surface area contributed by atoms with Crippen LogP contribution in [0.3, 0.4) is 0 Å². The van der Waals surface area contributed by atoms with E-state index in [9.17, 15) is 18.3 Å². The van der Waals surface area contributed by atoms with E-state index in [-0.39, 0.29) is 12.5 Å². The molecule has 2 rings (SSSR count). The predicted octanol–water partition coefficient (Wildman–Crippen LogP) is 2.95. The molecular formula is C14H14F3NO3S. The molecule has 0 saturated carbocycles. The first-order valence-corrected chi connectivity index (χ1v) is 7.54. The molecule has 0 amide bonds. The van der Waals surface area contributed by atoms with Crippen LogP contribution in [0.5, 0.6) is 0 Å². The highest BCUT2D eigenvalue weighted by Crippen LogP contribution is 2.31. The molecule has 0 spiro atoms. The van der Waals surface area contributed by atoms with E-state index in [1.165, 1.54) is 30.2 Å². The summed E-state index contributed by atoms with van der Waals surface area (Å²) in [6.07, 6.45) is -3.73. The molecule has 0 aliphatic heterocycles. The van der Waals surface area contributed by atoms with E-state index in [1.807, 2.05) is 0 Å². The van der Waals surface area contributed by atoms with E-state index < -0.39 is 17.8 Å². The van der Waals surface area contributed by atoms with Crippen molar-refractivity contribution in [2.24, 2.45) is 0 Å². The van der Waals surface area contributed by atoms with Gasteiger partial charge < -0.3 is 14.6 Å². The second-order valence-corrected chi connectivity index (χ2v) is 5.60. The first-order chi connectivity index (χ1) is 10.4. The van der Waals surface area contributed by atoms with Gasteiger partial charge in [0.2, 0.25) is 5.89 Å². The van der Waals surface area contributed by atoms with Gasteiger partial charge in [0.1, 0.15) is 6.26 Å². The molecule has 1 atom stereocenters. The predicted molar refractivity (Wildman–Crippen MR) is 76.2 cm³/mol. The number of aromatic nitrogens is 1. The van der Waals surface area contributed by atoms with Crippen LogP contribution >= 0.6 is 11.8 Å². The molecule has 0 fully saturated rings. The van der Waals surface area contributed by atoms with E-state index in [1.54, 1.807) is 0 Å². The quantitative estimate of drug-likeness (QED) is 0.851. The van der Waals surface area contributed by atoms with Crippen LogP contribution in [0.1, 0.15) is 11.3 Å². The monoisotopic (exact) mass is 333 g/mol. The van der Waals surface area contributed by atoms with Crippen molar-refractivity contribution in [2.75, 3.05) is 12.4 Å². The molecule has 0 aliphatic carbocycles. The third-order valence-corrected chi connectivity index (χ3v) is 3.90. The third-order valence-electron chi connectivity index (χ3n) is 2.78. The molecule has 22 heavy (non-hydrogen) atoms. The molecule has 0 aliphatic rings. The Morgan fingerprint density at radius 3 is 2.50 bits per heavy atom. The molecule has 0 radical (unpaired) electrons. The molecule has 2 N–H and O–H groups in total. The summed E-state index contributed by atoms with van der Waals surface area (Å²) in [6.45, 7) is -0.303. The van der Waals surface area contributed by atoms with Gasteiger partial charge in [-0.05, 0) is 24.3 Å². The number of thioether (sulfide) groups is 1. The maximum Gasteiger partial charge on any atom is 0.416 e. The van der Waals surface area contributed by atoms with Crippen molar-refractivity contribution in [2.45, 2.75) is 18.0 Å². The molecule has 1 unspecified atom stereocenters. The van der Waals surface area contributed by atoms with Gasteiger partial charge in [-0.25, -0.2) is 4.98 Å². The van der Waals surface area contributed by atoms with Gasteiger partial charge in [0.15, 0.2) is 0 Å². The second-order valence-electron chi connectivity index (χ2n) is 4.57. The summed E-state index contributed by atoms with van der Waals surface area (Å²) in [5.41, 5.74) is 0.348. The molecular weight excluding hydrogens is 319 g/mol. The molecule has 0 bridgehead atoms. The highest BCUT2D eigenvalue weighted by Gasteiger charge is 2.30. The number of alkyl halides is 3. The minimum Gasteiger partial charge on any atom is -0.444 e. The molecule has 2 aromatic rings. The number of hydrogen-bond acceptors (Lipinski definition) is 5. The lowest BCUT2D eigenvalue weighted by Crippen LogP contribution is -2.14. The number of halogens is 3. The Labute approximate surface area is 129 Å². The fraction of sp³-hybridized carbons (Fsp3) is 0.357. The van der Waals surface area contributed by atoms with E-state index in [4.69, 9.17) is 9.52 Å². The Kier molecular flexibility index (Phi) is 5.49. The highest BCUT2D eigenvalue weighted by atomic mass is 32.2. The van der Waals surface area contributed by atoms with Gasteiger partial charge in [0.05, 0.1) is 24.0 Å². The zero-order valence-corrected chi connectivity index (χ0v) is 12.2. The van der Waals surface area contributed by atoms with Crippen molar-refractivity contribution in [3.05, 3.63) is 41.8 Å². The smallest absolute Gasteiger partial charge is 0.416 e. The average molecular weight is 333 g/mol. The van der Waals surface area contributed by atoms with Gasteiger partial charge >= 0.3 is 6.18 Å². The minimum atomic E-state index is -4.37. The standard InChI is InChI=1S/C14H14F3NO3S/c15-14(16,17)10-3-1-9(2-4-10)13-18-11(6-21-13)7-22-8-12(20)5-19/h1-4,6,12,19-20H,5,7-8H2. The van der Waals surface area contributed by atoms with Crippen LogP contribution in [-0.4, -0.2) is 33.7 Å². The van der Waals surface area contributed by atoms with Crippen LogP contribution in [0.2, 0.25) is 0 Å². The maximum absolute atomic E-state index is 12.5. The molecule has 0 saturated heterocycles. The zero-order valence-electron chi connectivity index (χ0n) is 11.4. The average Bonchev–Trinajstić information content (AvgIpc) is 2.95. The van der Waals surface area contributed by atoms with Gasteiger partial charge in [0, 0.05) is 17.1 Å². The number of aliphatic hydroxyl groups is 2. The third kappa shape index (κ3) is 4.49. The van der Waals surface area contributed by atoms with Crippen LogP contribution < -0.4 is 0 Å². The summed E-state index contributed by atoms with van der Waals surface area (Å²) in [5.74, 6) is 1.08. The number of benzene rings is 1. The lowest BCUT2D eigenvalue weighted by Gasteiger charge is -2.06. The van der Waals surface area contributed by atoms with Gasteiger partial charge in [-0.1, -0.05) is 0 Å². The summed E-state index contributed by atoms with van der Waals surface area (Å²) in [4.78, 5) is 4.18. The van der Waals surface area contributed by atoms with Gasteiger partial charge in [-0.3, -0.25) is 0 Å². The van der Waals surface area contributed by atoms with Crippen LogP contribution in [0.4, 0.5) is 13.2 Å². The second kappa shape index (κ2) is 7.17. The van der Waals surface area contributed by atoms with Crippen LogP contribution in [0.15, 0.2) is 34.9 Å². The van der Waals surface area contributed by atoms with Crippen molar-refractivity contribution in [3.8, 4) is 11.5 Å². The summed E-state index contributed by atoms with van der Waals surface area (Å²) in [7, 11) is 0. The van der Waals surface area contributed by atoms with Crippen molar-refractivity contribution in [3.63, 3.8) is 0 Å². The summed E-state index contributed by atoms with van der Waals surface area (Å²) in [5, 5.41) is 17.9. The topological polar surface area (TPSA) is 66.5 Å². The molecule has 1 aromatic carbocycles. The number of oxazole rings is 1. The van der Waals surface area contributed by atoms with Crippen molar-refractivity contribution < 1.29 is 27.8 Å². The van der Waals surface area contributed by atoms with Crippen LogP contribution in [-0.2, 0) is 11.9 Å². The first-order valence-electron chi connectivity index (χ1n) is 6.39. The fourth-order valence-corrected chi connectivity index (χ4v) is 2.50. The summed E-state index contributed by atoms with van der Waals surface area (Å²) < 4.78 is 42.7. The maximum atomic E-state index is 12.5. The number of rotatable bonds is 6. The largest absolute Gasteiger partial charge is 0.444 e. The Hall–Kier alpha value is -1.51. The number of nitrogens with zero attached hydrogens (tertiary/aromatic N) is 1. The summed E-state index contributed by atoms with van der Waals surface area (Å²) in [6, 6.07) is 4.57. The SMILES string of the molecule is OCC(O)CSCc1coc(-c2ccc(C(F)(F)F)cc2)n1. The van der Waals surface area contributed by atoms with Crippen LogP contribution in [0.25, 0.3) is 11.5 Å². The van der Waals surface area contributed by atoms with Gasteiger partial charge in [-0.15, -0.1) is 0 Å². The number of hydrogen-bond donors (Lipinski definition) is 2. The van der Waals surface area contributed by atoms with Gasteiger partial charge in [0.25, 0.3) is 0 Å². The molecule has 8 heteroatoms. The van der Waals surface area contributed by atoms with Crippen molar-refractivity contribution in [1.29, 1.82) is 0 Å². The van der Waals surface area contributed by atoms with E-state index in [0.29, 0.717) is 22.8 Å². The lowest BCUT2D eigenvalue weighted by molar-refractivity contribution is -0.137. The van der Waals surface area contributed by atoms with Crippen LogP contribution in [0, 0.1) is 0 Å². The molecule has 120 valence electrons. The van der Waals surface area contributed by atoms with Crippen molar-refractivity contribution >= 4 is 11.8 Å². The Morgan fingerprint density at radius 1 is 1.23 bits per heavy atom. The lowest BCUT2D eigenvalue weighted by atomic mass is 10.1. The normalized spacial score (nSPS) is 13.3. The Morgan fingerprint density at radius 2 is 1.91 bits per heavy atom. The van der Waals surface area contributed by atoms with Gasteiger partial charge in [-0.2, -0.15) is 24.9 Å². The zero-order chi connectivity index (χ0) is 16.2. The van der Waals surface area contributed by atoms with Crippen molar-refractivity contribution in [1.82, 2.24) is 4.98 Å². The first kappa shape index (κ1) is 16.9. The van der Waals surface area contributed by atoms with E-state index in [2.05, 4.69) is 4.98 Å². The molecule has 4 nitrogen and oxygen atoms in total. The highest BCUT2D eigenvalue weighted by molar-refractivity contribution is 7.98.